The van der Waals surface area contributed by atoms with Crippen molar-refractivity contribution >= 4 is 10.8 Å². The van der Waals surface area contributed by atoms with Crippen LogP contribution in [0.15, 0.2) is 42.5 Å². The smallest absolute Gasteiger partial charge is 0.0717 e. The van der Waals surface area contributed by atoms with Gasteiger partial charge >= 0.3 is 0 Å². The Balaban J connectivity index is 2.04. The minimum absolute atomic E-state index is 0.233. The molecule has 0 bridgehead atoms. The van der Waals surface area contributed by atoms with Gasteiger partial charge in [0.25, 0.3) is 0 Å². The van der Waals surface area contributed by atoms with Crippen molar-refractivity contribution in [2.24, 2.45) is 5.41 Å². The molecule has 0 saturated heterocycles. The highest BCUT2D eigenvalue weighted by atomic mass is 16.5. The first kappa shape index (κ1) is 12.1. The van der Waals surface area contributed by atoms with Crippen molar-refractivity contribution in [3.05, 3.63) is 48.0 Å². The number of rotatable bonds is 3. The molecule has 0 N–H and O–H groups in total. The molecule has 0 aromatic heterocycles. The van der Waals surface area contributed by atoms with Crippen molar-refractivity contribution in [3.8, 4) is 0 Å². The molecule has 0 radical (unpaired) electrons. The van der Waals surface area contributed by atoms with Crippen LogP contribution in [0.3, 0.4) is 0 Å². The van der Waals surface area contributed by atoms with Crippen LogP contribution in [0.5, 0.6) is 0 Å². The summed E-state index contributed by atoms with van der Waals surface area (Å²) in [5.74, 6) is 0. The minimum atomic E-state index is 0.233. The Bertz CT molecular complexity index is 494. The van der Waals surface area contributed by atoms with Gasteiger partial charge in [0.1, 0.15) is 0 Å². The van der Waals surface area contributed by atoms with Gasteiger partial charge in [0.05, 0.1) is 13.2 Å². The van der Waals surface area contributed by atoms with E-state index in [0.717, 1.165) is 6.61 Å². The number of ether oxygens (including phenoxy) is 1. The lowest BCUT2D eigenvalue weighted by molar-refractivity contribution is 0.0599. The highest BCUT2D eigenvalue weighted by Gasteiger charge is 2.09. The van der Waals surface area contributed by atoms with E-state index in [9.17, 15) is 0 Å². The molecule has 0 aliphatic carbocycles. The summed E-state index contributed by atoms with van der Waals surface area (Å²) in [6.45, 7) is 8.05. The zero-order chi connectivity index (χ0) is 12.3. The largest absolute Gasteiger partial charge is 0.376 e. The molecule has 0 amide bonds. The molecule has 2 aromatic carbocycles. The Morgan fingerprint density at radius 2 is 1.65 bits per heavy atom. The fourth-order valence-corrected chi connectivity index (χ4v) is 1.80. The van der Waals surface area contributed by atoms with Crippen LogP contribution < -0.4 is 0 Å². The average Bonchev–Trinajstić information content (AvgIpc) is 2.27. The molecule has 0 heterocycles. The van der Waals surface area contributed by atoms with Crippen LogP contribution in [0.2, 0.25) is 0 Å². The lowest BCUT2D eigenvalue weighted by Crippen LogP contribution is -2.14. The summed E-state index contributed by atoms with van der Waals surface area (Å²) in [7, 11) is 0. The third-order valence-electron chi connectivity index (χ3n) is 2.62. The van der Waals surface area contributed by atoms with Gasteiger partial charge in [-0.2, -0.15) is 0 Å². The van der Waals surface area contributed by atoms with Gasteiger partial charge in [-0.05, 0) is 27.8 Å². The van der Waals surface area contributed by atoms with Crippen LogP contribution >= 0.6 is 0 Å². The van der Waals surface area contributed by atoms with Crippen LogP contribution in [-0.4, -0.2) is 6.61 Å². The standard InChI is InChI=1S/C16H20O/c1-16(2,3)12-17-11-13-8-9-14-6-4-5-7-15(14)10-13/h4-10H,11-12H2,1-3H3. The molecular formula is C16H20O. The van der Waals surface area contributed by atoms with E-state index in [4.69, 9.17) is 4.74 Å². The van der Waals surface area contributed by atoms with E-state index >= 15 is 0 Å². The van der Waals surface area contributed by atoms with Gasteiger partial charge in [0.15, 0.2) is 0 Å². The lowest BCUT2D eigenvalue weighted by Gasteiger charge is -2.18. The Kier molecular flexibility index (Phi) is 3.49. The van der Waals surface area contributed by atoms with Crippen LogP contribution in [0, 0.1) is 5.41 Å². The van der Waals surface area contributed by atoms with Crippen LogP contribution in [0.1, 0.15) is 26.3 Å². The third kappa shape index (κ3) is 3.57. The van der Waals surface area contributed by atoms with E-state index in [2.05, 4.69) is 63.2 Å². The van der Waals surface area contributed by atoms with E-state index in [-0.39, 0.29) is 5.41 Å². The predicted octanol–water partition coefficient (Wildman–Crippen LogP) is 4.40. The monoisotopic (exact) mass is 228 g/mol. The number of hydrogen-bond donors (Lipinski definition) is 0. The molecule has 0 atom stereocenters. The second kappa shape index (κ2) is 4.89. The van der Waals surface area contributed by atoms with Gasteiger partial charge in [0, 0.05) is 0 Å². The lowest BCUT2D eigenvalue weighted by atomic mass is 9.99. The normalized spacial score (nSPS) is 11.9. The molecule has 1 heteroatoms. The molecular weight excluding hydrogens is 208 g/mol. The second-order valence-corrected chi connectivity index (χ2v) is 5.73. The molecule has 0 aliphatic rings. The van der Waals surface area contributed by atoms with Crippen LogP contribution in [-0.2, 0) is 11.3 Å². The Morgan fingerprint density at radius 1 is 0.941 bits per heavy atom. The SMILES string of the molecule is CC(C)(C)COCc1ccc2ccccc2c1. The van der Waals surface area contributed by atoms with Gasteiger partial charge in [0.2, 0.25) is 0 Å². The highest BCUT2D eigenvalue weighted by molar-refractivity contribution is 5.82. The Morgan fingerprint density at radius 3 is 2.35 bits per heavy atom. The summed E-state index contributed by atoms with van der Waals surface area (Å²) in [5.41, 5.74) is 1.48. The van der Waals surface area contributed by atoms with E-state index in [1.807, 2.05) is 0 Å². The Hall–Kier alpha value is -1.34. The first-order valence-corrected chi connectivity index (χ1v) is 6.10. The summed E-state index contributed by atoms with van der Waals surface area (Å²) in [4.78, 5) is 0. The minimum Gasteiger partial charge on any atom is -0.376 e. The summed E-state index contributed by atoms with van der Waals surface area (Å²) in [5, 5.41) is 2.57. The van der Waals surface area contributed by atoms with Crippen molar-refractivity contribution in [1.82, 2.24) is 0 Å². The van der Waals surface area contributed by atoms with Crippen LogP contribution in [0.4, 0.5) is 0 Å². The van der Waals surface area contributed by atoms with Crippen molar-refractivity contribution < 1.29 is 4.74 Å². The van der Waals surface area contributed by atoms with E-state index < -0.39 is 0 Å². The van der Waals surface area contributed by atoms with Crippen molar-refractivity contribution in [1.29, 1.82) is 0 Å². The first-order chi connectivity index (χ1) is 8.04. The maximum absolute atomic E-state index is 5.73. The quantitative estimate of drug-likeness (QED) is 0.756. The molecule has 1 nitrogen and oxygen atoms in total. The molecule has 17 heavy (non-hydrogen) atoms. The maximum atomic E-state index is 5.73. The second-order valence-electron chi connectivity index (χ2n) is 5.73. The molecule has 0 aliphatic heterocycles. The van der Waals surface area contributed by atoms with Crippen LogP contribution in [0.25, 0.3) is 10.8 Å². The Labute approximate surface area is 103 Å². The summed E-state index contributed by atoms with van der Waals surface area (Å²) >= 11 is 0. The molecule has 2 rings (SSSR count). The molecule has 0 unspecified atom stereocenters. The van der Waals surface area contributed by atoms with Gasteiger partial charge in [-0.1, -0.05) is 57.2 Å². The molecule has 0 fully saturated rings. The summed E-state index contributed by atoms with van der Waals surface area (Å²) in [6, 6.07) is 14.9. The predicted molar refractivity (Wildman–Crippen MR) is 73.1 cm³/mol. The summed E-state index contributed by atoms with van der Waals surface area (Å²) in [6.07, 6.45) is 0. The molecule has 2 aromatic rings. The number of hydrogen-bond acceptors (Lipinski definition) is 1. The van der Waals surface area contributed by atoms with E-state index in [1.165, 1.54) is 16.3 Å². The molecule has 0 saturated carbocycles. The number of benzene rings is 2. The first-order valence-electron chi connectivity index (χ1n) is 6.10. The zero-order valence-electron chi connectivity index (χ0n) is 10.9. The molecule has 0 spiro atoms. The third-order valence-corrected chi connectivity index (χ3v) is 2.62. The maximum Gasteiger partial charge on any atom is 0.0717 e. The van der Waals surface area contributed by atoms with E-state index in [1.54, 1.807) is 0 Å². The highest BCUT2D eigenvalue weighted by Crippen LogP contribution is 2.18. The van der Waals surface area contributed by atoms with Gasteiger partial charge < -0.3 is 4.74 Å². The van der Waals surface area contributed by atoms with Gasteiger partial charge in [-0.15, -0.1) is 0 Å². The fourth-order valence-electron chi connectivity index (χ4n) is 1.80. The number of fused-ring (bicyclic) bond motifs is 1. The average molecular weight is 228 g/mol. The summed E-state index contributed by atoms with van der Waals surface area (Å²) < 4.78 is 5.73. The topological polar surface area (TPSA) is 9.23 Å². The fraction of sp³-hybridized carbons (Fsp3) is 0.375. The van der Waals surface area contributed by atoms with Gasteiger partial charge in [-0.25, -0.2) is 0 Å². The van der Waals surface area contributed by atoms with Crippen molar-refractivity contribution in [3.63, 3.8) is 0 Å². The molecule has 90 valence electrons. The van der Waals surface area contributed by atoms with Gasteiger partial charge in [-0.3, -0.25) is 0 Å². The van der Waals surface area contributed by atoms with Crippen molar-refractivity contribution in [2.45, 2.75) is 27.4 Å². The van der Waals surface area contributed by atoms with E-state index in [0.29, 0.717) is 6.61 Å². The zero-order valence-corrected chi connectivity index (χ0v) is 10.9. The van der Waals surface area contributed by atoms with Crippen molar-refractivity contribution in [2.75, 3.05) is 6.61 Å².